The maximum atomic E-state index is 11.2. The molecule has 0 fully saturated rings. The SMILES string of the molecule is CCOC(=O)Cc1csc(CCCOC)n1. The summed E-state index contributed by atoms with van der Waals surface area (Å²) < 4.78 is 9.83. The molecule has 90 valence electrons. The van der Waals surface area contributed by atoms with Gasteiger partial charge in [-0.1, -0.05) is 0 Å². The van der Waals surface area contributed by atoms with Crippen LogP contribution < -0.4 is 0 Å². The van der Waals surface area contributed by atoms with E-state index in [1.54, 1.807) is 25.4 Å². The minimum absolute atomic E-state index is 0.212. The molecule has 0 bridgehead atoms. The number of nitrogens with zero attached hydrogens (tertiary/aromatic N) is 1. The Hall–Kier alpha value is -0.940. The molecule has 5 heteroatoms. The Kier molecular flexibility index (Phi) is 6.03. The standard InChI is InChI=1S/C11H17NO3S/c1-3-15-11(13)7-9-8-16-10(12-9)5-4-6-14-2/h8H,3-7H2,1-2H3. The van der Waals surface area contributed by atoms with E-state index in [0.717, 1.165) is 30.2 Å². The molecule has 0 aliphatic rings. The zero-order valence-electron chi connectivity index (χ0n) is 9.69. The maximum Gasteiger partial charge on any atom is 0.311 e. The number of hydrogen-bond donors (Lipinski definition) is 0. The van der Waals surface area contributed by atoms with Gasteiger partial charge >= 0.3 is 5.97 Å². The van der Waals surface area contributed by atoms with Crippen molar-refractivity contribution in [1.29, 1.82) is 0 Å². The van der Waals surface area contributed by atoms with Gasteiger partial charge in [-0.25, -0.2) is 4.98 Å². The lowest BCUT2D eigenvalue weighted by Gasteiger charge is -1.98. The highest BCUT2D eigenvalue weighted by Gasteiger charge is 2.07. The molecule has 0 aliphatic carbocycles. The fourth-order valence-corrected chi connectivity index (χ4v) is 2.11. The van der Waals surface area contributed by atoms with Crippen LogP contribution in [0.15, 0.2) is 5.38 Å². The van der Waals surface area contributed by atoms with Crippen molar-refractivity contribution >= 4 is 17.3 Å². The average Bonchev–Trinajstić information content (AvgIpc) is 2.66. The summed E-state index contributed by atoms with van der Waals surface area (Å²) in [7, 11) is 1.69. The van der Waals surface area contributed by atoms with E-state index >= 15 is 0 Å². The molecule has 0 aromatic carbocycles. The topological polar surface area (TPSA) is 48.4 Å². The first-order valence-corrected chi connectivity index (χ1v) is 6.22. The fourth-order valence-electron chi connectivity index (χ4n) is 1.27. The smallest absolute Gasteiger partial charge is 0.311 e. The number of carbonyl (C=O) groups is 1. The number of hydrogen-bond acceptors (Lipinski definition) is 5. The van der Waals surface area contributed by atoms with Crippen LogP contribution in [0.1, 0.15) is 24.0 Å². The predicted molar refractivity (Wildman–Crippen MR) is 62.6 cm³/mol. The van der Waals surface area contributed by atoms with Crippen LogP contribution in [0.3, 0.4) is 0 Å². The normalized spacial score (nSPS) is 10.4. The van der Waals surface area contributed by atoms with Crippen LogP contribution in [0.4, 0.5) is 0 Å². The summed E-state index contributed by atoms with van der Waals surface area (Å²) in [6, 6.07) is 0. The van der Waals surface area contributed by atoms with Crippen molar-refractivity contribution in [2.45, 2.75) is 26.2 Å². The van der Waals surface area contributed by atoms with E-state index in [0.29, 0.717) is 6.61 Å². The van der Waals surface area contributed by atoms with Gasteiger partial charge in [-0.3, -0.25) is 4.79 Å². The van der Waals surface area contributed by atoms with E-state index in [1.807, 2.05) is 5.38 Å². The second kappa shape index (κ2) is 7.35. The number of aromatic nitrogens is 1. The van der Waals surface area contributed by atoms with Crippen LogP contribution in [0.25, 0.3) is 0 Å². The molecular formula is C11H17NO3S. The van der Waals surface area contributed by atoms with Gasteiger partial charge in [0.15, 0.2) is 0 Å². The second-order valence-corrected chi connectivity index (χ2v) is 4.25. The van der Waals surface area contributed by atoms with Crippen molar-refractivity contribution in [3.05, 3.63) is 16.1 Å². The number of thiazole rings is 1. The Labute approximate surface area is 99.6 Å². The molecular weight excluding hydrogens is 226 g/mol. The Morgan fingerprint density at radius 3 is 3.06 bits per heavy atom. The summed E-state index contributed by atoms with van der Waals surface area (Å²) >= 11 is 1.59. The van der Waals surface area contributed by atoms with Crippen LogP contribution in [0.5, 0.6) is 0 Å². The molecule has 0 atom stereocenters. The Morgan fingerprint density at radius 1 is 1.56 bits per heavy atom. The van der Waals surface area contributed by atoms with Crippen LogP contribution in [0, 0.1) is 0 Å². The number of carbonyl (C=O) groups excluding carboxylic acids is 1. The summed E-state index contributed by atoms with van der Waals surface area (Å²) in [5, 5.41) is 2.97. The van der Waals surface area contributed by atoms with Crippen molar-refractivity contribution < 1.29 is 14.3 Å². The fraction of sp³-hybridized carbons (Fsp3) is 0.636. The molecule has 0 N–H and O–H groups in total. The third-order valence-corrected chi connectivity index (χ3v) is 2.93. The number of rotatable bonds is 7. The first-order valence-electron chi connectivity index (χ1n) is 5.34. The van der Waals surface area contributed by atoms with Crippen molar-refractivity contribution in [1.82, 2.24) is 4.98 Å². The highest BCUT2D eigenvalue weighted by atomic mass is 32.1. The first-order chi connectivity index (χ1) is 7.76. The molecule has 16 heavy (non-hydrogen) atoms. The second-order valence-electron chi connectivity index (χ2n) is 3.31. The van der Waals surface area contributed by atoms with Crippen LogP contribution in [-0.2, 0) is 27.1 Å². The highest BCUT2D eigenvalue weighted by molar-refractivity contribution is 7.09. The lowest BCUT2D eigenvalue weighted by molar-refractivity contribution is -0.142. The summed E-state index contributed by atoms with van der Waals surface area (Å²) in [5.41, 5.74) is 0.802. The van der Waals surface area contributed by atoms with Crippen molar-refractivity contribution in [3.63, 3.8) is 0 Å². The molecule has 1 heterocycles. The van der Waals surface area contributed by atoms with Crippen LogP contribution in [-0.4, -0.2) is 31.3 Å². The molecule has 0 spiro atoms. The summed E-state index contributed by atoms with van der Waals surface area (Å²) in [6.07, 6.45) is 2.14. The van der Waals surface area contributed by atoms with Gasteiger partial charge in [-0.15, -0.1) is 11.3 Å². The van der Waals surface area contributed by atoms with E-state index in [-0.39, 0.29) is 12.4 Å². The Balaban J connectivity index is 2.36. The van der Waals surface area contributed by atoms with E-state index in [4.69, 9.17) is 9.47 Å². The van der Waals surface area contributed by atoms with E-state index in [1.165, 1.54) is 0 Å². The molecule has 1 aromatic heterocycles. The Bertz CT molecular complexity index is 325. The monoisotopic (exact) mass is 243 g/mol. The molecule has 0 unspecified atom stereocenters. The lowest BCUT2D eigenvalue weighted by Crippen LogP contribution is -2.07. The van der Waals surface area contributed by atoms with Gasteiger partial charge < -0.3 is 9.47 Å². The van der Waals surface area contributed by atoms with Crippen molar-refractivity contribution in [2.75, 3.05) is 20.3 Å². The predicted octanol–water partition coefficient (Wildman–Crippen LogP) is 1.83. The zero-order valence-corrected chi connectivity index (χ0v) is 10.5. The molecule has 4 nitrogen and oxygen atoms in total. The molecule has 1 aromatic rings. The third-order valence-electron chi connectivity index (χ3n) is 1.97. The van der Waals surface area contributed by atoms with Gasteiger partial charge in [0.05, 0.1) is 23.7 Å². The molecule has 0 aliphatic heterocycles. The quantitative estimate of drug-likeness (QED) is 0.541. The van der Waals surface area contributed by atoms with E-state index in [9.17, 15) is 4.79 Å². The molecule has 0 amide bonds. The van der Waals surface area contributed by atoms with Gasteiger partial charge in [-0.2, -0.15) is 0 Å². The van der Waals surface area contributed by atoms with Crippen LogP contribution in [0.2, 0.25) is 0 Å². The van der Waals surface area contributed by atoms with Crippen molar-refractivity contribution in [2.24, 2.45) is 0 Å². The number of ether oxygens (including phenoxy) is 2. The van der Waals surface area contributed by atoms with Gasteiger partial charge in [0.25, 0.3) is 0 Å². The molecule has 0 saturated heterocycles. The maximum absolute atomic E-state index is 11.2. The summed E-state index contributed by atoms with van der Waals surface area (Å²) in [6.45, 7) is 2.96. The first kappa shape index (κ1) is 13.1. The summed E-state index contributed by atoms with van der Waals surface area (Å²) in [4.78, 5) is 15.6. The van der Waals surface area contributed by atoms with Crippen molar-refractivity contribution in [3.8, 4) is 0 Å². The minimum atomic E-state index is -0.212. The molecule has 0 radical (unpaired) electrons. The van der Waals surface area contributed by atoms with Gasteiger partial charge in [0.1, 0.15) is 0 Å². The molecule has 0 saturated carbocycles. The lowest BCUT2D eigenvalue weighted by atomic mass is 10.3. The minimum Gasteiger partial charge on any atom is -0.466 e. The summed E-state index contributed by atoms with van der Waals surface area (Å²) in [5.74, 6) is -0.212. The van der Waals surface area contributed by atoms with Gasteiger partial charge in [-0.05, 0) is 13.3 Å². The van der Waals surface area contributed by atoms with E-state index < -0.39 is 0 Å². The largest absolute Gasteiger partial charge is 0.466 e. The zero-order chi connectivity index (χ0) is 11.8. The van der Waals surface area contributed by atoms with Crippen LogP contribution >= 0.6 is 11.3 Å². The Morgan fingerprint density at radius 2 is 2.38 bits per heavy atom. The third kappa shape index (κ3) is 4.72. The van der Waals surface area contributed by atoms with Gasteiger partial charge in [0, 0.05) is 25.5 Å². The number of aryl methyl sites for hydroxylation is 1. The van der Waals surface area contributed by atoms with Gasteiger partial charge in [0.2, 0.25) is 0 Å². The highest BCUT2D eigenvalue weighted by Crippen LogP contribution is 2.12. The average molecular weight is 243 g/mol. The van der Waals surface area contributed by atoms with E-state index in [2.05, 4.69) is 4.98 Å². The number of methoxy groups -OCH3 is 1. The molecule has 1 rings (SSSR count). The number of esters is 1.